The van der Waals surface area contributed by atoms with E-state index in [2.05, 4.69) is 10.1 Å². The molecule has 1 aromatic carbocycles. The largest absolute Gasteiger partial charge is 0.493 e. The van der Waals surface area contributed by atoms with E-state index >= 15 is 0 Å². The Morgan fingerprint density at radius 3 is 2.72 bits per heavy atom. The van der Waals surface area contributed by atoms with Gasteiger partial charge in [0.15, 0.2) is 6.04 Å². The summed E-state index contributed by atoms with van der Waals surface area (Å²) in [4.78, 5) is 15.0. The van der Waals surface area contributed by atoms with E-state index in [4.69, 9.17) is 25.5 Å². The van der Waals surface area contributed by atoms with Gasteiger partial charge in [-0.2, -0.15) is 18.2 Å². The molecule has 0 aliphatic carbocycles. The average molecular weight is 456 g/mol. The molecular weight excluding hydrogens is 431 g/mol. The van der Waals surface area contributed by atoms with Crippen molar-refractivity contribution < 1.29 is 36.5 Å². The van der Waals surface area contributed by atoms with Crippen molar-refractivity contribution in [1.29, 1.82) is 0 Å². The van der Waals surface area contributed by atoms with E-state index in [9.17, 15) is 18.0 Å². The van der Waals surface area contributed by atoms with Crippen molar-refractivity contribution in [3.05, 3.63) is 29.7 Å². The molecular formula is C20H25F3N5O4+. The fraction of sp³-hybridized carbons (Fsp3) is 0.500. The Kier molecular flexibility index (Phi) is 7.21. The first-order chi connectivity index (χ1) is 15.2. The number of carbonyl (C=O) groups is 1. The van der Waals surface area contributed by atoms with E-state index in [0.29, 0.717) is 25.8 Å². The van der Waals surface area contributed by atoms with Crippen molar-refractivity contribution in [2.24, 2.45) is 11.5 Å². The Bertz CT molecular complexity index is 986. The number of hydrogen-bond donors (Lipinski definition) is 2. The lowest BCUT2D eigenvalue weighted by molar-refractivity contribution is -0.555. The van der Waals surface area contributed by atoms with Crippen molar-refractivity contribution in [3.8, 4) is 17.1 Å². The maximum absolute atomic E-state index is 13.6. The van der Waals surface area contributed by atoms with Gasteiger partial charge in [0.2, 0.25) is 5.82 Å². The highest BCUT2D eigenvalue weighted by atomic mass is 19.4. The van der Waals surface area contributed by atoms with Crippen molar-refractivity contribution in [1.82, 2.24) is 10.1 Å². The topological polar surface area (TPSA) is 130 Å². The number of unbranched alkanes of at least 4 members (excludes halogenated alkanes) is 1. The Labute approximate surface area is 182 Å². The third-order valence-electron chi connectivity index (χ3n) is 4.96. The highest BCUT2D eigenvalue weighted by Gasteiger charge is 2.36. The number of nitrogens with zero attached hydrogens (tertiary/aromatic N) is 3. The maximum Gasteiger partial charge on any atom is 0.419 e. The van der Waals surface area contributed by atoms with Crippen LogP contribution < -0.4 is 16.2 Å². The van der Waals surface area contributed by atoms with Crippen LogP contribution >= 0.6 is 0 Å². The standard InChI is InChI=1S/C20H24F3N5O4/c1-12(29)30-9-2-3-10-31-16-7-6-13(11-14(16)20(21,22)23)17-26-18(32-27-17)15-5-4-8-28(15)19(24)25/h6-7,11,15H,2-5,8-10H2,1H3,(H3,24,25)/p+1/t15-/m0/s1. The Morgan fingerprint density at radius 1 is 1.28 bits per heavy atom. The molecule has 4 N–H and O–H groups in total. The van der Waals surface area contributed by atoms with Gasteiger partial charge < -0.3 is 14.0 Å². The van der Waals surface area contributed by atoms with Crippen molar-refractivity contribution in [2.75, 3.05) is 19.8 Å². The Morgan fingerprint density at radius 2 is 2.03 bits per heavy atom. The number of alkyl halides is 3. The van der Waals surface area contributed by atoms with Gasteiger partial charge in [-0.05, 0) is 43.9 Å². The second-order valence-electron chi connectivity index (χ2n) is 7.34. The SMILES string of the molecule is CC(=O)OCCCCOc1ccc(-c2noc([C@@H]3CCC[N+]3=C(N)N)n2)cc1C(F)(F)F. The number of benzene rings is 1. The van der Waals surface area contributed by atoms with Gasteiger partial charge in [0.25, 0.3) is 5.89 Å². The van der Waals surface area contributed by atoms with E-state index in [1.807, 2.05) is 0 Å². The summed E-state index contributed by atoms with van der Waals surface area (Å²) in [6.07, 6.45) is -2.21. The predicted octanol–water partition coefficient (Wildman–Crippen LogP) is 2.60. The Hall–Kier alpha value is -3.31. The number of hydrogen-bond acceptors (Lipinski definition) is 6. The lowest BCUT2D eigenvalue weighted by Crippen LogP contribution is -2.35. The zero-order chi connectivity index (χ0) is 23.3. The zero-order valence-electron chi connectivity index (χ0n) is 17.5. The second kappa shape index (κ2) is 9.88. The molecule has 1 aliphatic heterocycles. The van der Waals surface area contributed by atoms with Crippen LogP contribution in [0.5, 0.6) is 5.75 Å². The molecule has 1 aromatic heterocycles. The molecule has 0 spiro atoms. The summed E-state index contributed by atoms with van der Waals surface area (Å²) in [5.74, 6) is -0.310. The highest BCUT2D eigenvalue weighted by molar-refractivity contribution is 5.70. The van der Waals surface area contributed by atoms with Gasteiger partial charge in [0.1, 0.15) is 5.75 Å². The lowest BCUT2D eigenvalue weighted by Gasteiger charge is -2.14. The molecule has 2 aromatic rings. The van der Waals surface area contributed by atoms with Crippen molar-refractivity contribution in [2.45, 2.75) is 44.8 Å². The van der Waals surface area contributed by atoms with Crippen LogP contribution in [0.2, 0.25) is 0 Å². The first kappa shape index (κ1) is 23.4. The van der Waals surface area contributed by atoms with E-state index in [-0.39, 0.29) is 48.2 Å². The lowest BCUT2D eigenvalue weighted by atomic mass is 10.1. The number of nitrogens with two attached hydrogens (primary N) is 2. The molecule has 1 fully saturated rings. The van der Waals surface area contributed by atoms with Crippen LogP contribution in [0.4, 0.5) is 13.2 Å². The van der Waals surface area contributed by atoms with Gasteiger partial charge in [-0.25, -0.2) is 0 Å². The maximum atomic E-state index is 13.6. The van der Waals surface area contributed by atoms with Crippen molar-refractivity contribution in [3.63, 3.8) is 0 Å². The molecule has 0 bridgehead atoms. The monoisotopic (exact) mass is 456 g/mol. The summed E-state index contributed by atoms with van der Waals surface area (Å²) in [6, 6.07) is 3.29. The van der Waals surface area contributed by atoms with Crippen LogP contribution in [0.25, 0.3) is 11.4 Å². The van der Waals surface area contributed by atoms with E-state index in [1.54, 1.807) is 4.58 Å². The molecule has 1 aliphatic rings. The van der Waals surface area contributed by atoms with E-state index in [1.165, 1.54) is 19.1 Å². The molecule has 3 rings (SSSR count). The van der Waals surface area contributed by atoms with Crippen LogP contribution in [-0.2, 0) is 15.7 Å². The quantitative estimate of drug-likeness (QED) is 0.268. The second-order valence-corrected chi connectivity index (χ2v) is 7.34. The van der Waals surface area contributed by atoms with Crippen LogP contribution in [0.1, 0.15) is 50.1 Å². The molecule has 0 unspecified atom stereocenters. The number of aromatic nitrogens is 2. The average Bonchev–Trinajstić information content (AvgIpc) is 3.39. The van der Waals surface area contributed by atoms with Gasteiger partial charge in [-0.3, -0.25) is 20.8 Å². The summed E-state index contributed by atoms with van der Waals surface area (Å²) in [5.41, 5.74) is 10.6. The van der Waals surface area contributed by atoms with Gasteiger partial charge in [0, 0.05) is 12.5 Å². The minimum Gasteiger partial charge on any atom is -0.493 e. The normalized spacial score (nSPS) is 16.2. The fourth-order valence-corrected chi connectivity index (χ4v) is 3.44. The summed E-state index contributed by atoms with van der Waals surface area (Å²) >= 11 is 0. The van der Waals surface area contributed by atoms with Gasteiger partial charge in [0.05, 0.1) is 25.3 Å². The molecule has 12 heteroatoms. The number of halogens is 3. The minimum atomic E-state index is -4.64. The predicted molar refractivity (Wildman–Crippen MR) is 107 cm³/mol. The van der Waals surface area contributed by atoms with Crippen LogP contribution in [0.3, 0.4) is 0 Å². The number of carbonyl (C=O) groups excluding carboxylic acids is 1. The van der Waals surface area contributed by atoms with Gasteiger partial charge in [-0.1, -0.05) is 5.16 Å². The van der Waals surface area contributed by atoms with E-state index < -0.39 is 17.7 Å². The van der Waals surface area contributed by atoms with Crippen LogP contribution in [-0.4, -0.2) is 46.4 Å². The number of ether oxygens (including phenoxy) is 2. The van der Waals surface area contributed by atoms with Gasteiger partial charge in [-0.15, -0.1) is 0 Å². The van der Waals surface area contributed by atoms with Crippen LogP contribution in [0, 0.1) is 0 Å². The minimum absolute atomic E-state index is 0.0286. The molecule has 0 saturated carbocycles. The fourth-order valence-electron chi connectivity index (χ4n) is 3.44. The molecule has 174 valence electrons. The van der Waals surface area contributed by atoms with Crippen molar-refractivity contribution >= 4 is 11.9 Å². The van der Waals surface area contributed by atoms with Gasteiger partial charge >= 0.3 is 18.1 Å². The smallest absolute Gasteiger partial charge is 0.419 e. The summed E-state index contributed by atoms with van der Waals surface area (Å²) in [6.45, 7) is 2.16. The molecule has 1 saturated heterocycles. The first-order valence-corrected chi connectivity index (χ1v) is 10.1. The summed E-state index contributed by atoms with van der Waals surface area (Å²) in [5, 5.41) is 3.83. The molecule has 2 heterocycles. The first-order valence-electron chi connectivity index (χ1n) is 10.1. The number of rotatable bonds is 8. The molecule has 1 atom stereocenters. The molecule has 0 amide bonds. The summed E-state index contributed by atoms with van der Waals surface area (Å²) < 4.78 is 58.0. The van der Waals surface area contributed by atoms with Crippen LogP contribution in [0.15, 0.2) is 22.7 Å². The Balaban J connectivity index is 1.74. The third-order valence-corrected chi connectivity index (χ3v) is 4.96. The summed E-state index contributed by atoms with van der Waals surface area (Å²) in [7, 11) is 0. The van der Waals surface area contributed by atoms with E-state index in [0.717, 1.165) is 12.5 Å². The molecule has 32 heavy (non-hydrogen) atoms. The third kappa shape index (κ3) is 5.68. The number of esters is 1. The molecule has 0 radical (unpaired) electrons. The highest BCUT2D eigenvalue weighted by Crippen LogP contribution is 2.39. The zero-order valence-corrected chi connectivity index (χ0v) is 17.5. The molecule has 9 nitrogen and oxygen atoms in total. The number of guanidine groups is 1.